The van der Waals surface area contributed by atoms with Crippen LogP contribution >= 0.6 is 0 Å². The fourth-order valence-electron chi connectivity index (χ4n) is 2.14. The first-order valence-corrected chi connectivity index (χ1v) is 5.88. The van der Waals surface area contributed by atoms with E-state index in [1.807, 2.05) is 18.2 Å². The molecule has 1 aromatic rings. The van der Waals surface area contributed by atoms with Gasteiger partial charge in [0.1, 0.15) is 0 Å². The standard InChI is InChI=1S/C13H18N2O/c1-14-13(16)11-6-5-7-12(10-11)15-8-3-2-4-9-15/h5-7,10H,2-4,8-9H2,1H3,(H,14,16). The second-order valence-corrected chi connectivity index (χ2v) is 4.18. The molecule has 1 heterocycles. The van der Waals surface area contributed by atoms with Crippen molar-refractivity contribution in [3.8, 4) is 0 Å². The van der Waals surface area contributed by atoms with Crippen molar-refractivity contribution in [2.75, 3.05) is 25.0 Å². The monoisotopic (exact) mass is 218 g/mol. The summed E-state index contributed by atoms with van der Waals surface area (Å²) in [4.78, 5) is 13.9. The maximum atomic E-state index is 11.5. The van der Waals surface area contributed by atoms with E-state index in [2.05, 4.69) is 16.3 Å². The van der Waals surface area contributed by atoms with Crippen LogP contribution in [-0.4, -0.2) is 26.0 Å². The van der Waals surface area contributed by atoms with E-state index in [0.29, 0.717) is 0 Å². The van der Waals surface area contributed by atoms with Gasteiger partial charge in [-0.15, -0.1) is 0 Å². The number of nitrogens with one attached hydrogen (secondary N) is 1. The highest BCUT2D eigenvalue weighted by Crippen LogP contribution is 2.20. The molecule has 0 aliphatic carbocycles. The average molecular weight is 218 g/mol. The Labute approximate surface area is 96.5 Å². The van der Waals surface area contributed by atoms with E-state index in [0.717, 1.165) is 18.7 Å². The third-order valence-electron chi connectivity index (χ3n) is 3.06. The van der Waals surface area contributed by atoms with Crippen LogP contribution in [0.1, 0.15) is 29.6 Å². The zero-order valence-corrected chi connectivity index (χ0v) is 9.70. The molecule has 0 atom stereocenters. The number of hydrogen-bond donors (Lipinski definition) is 1. The van der Waals surface area contributed by atoms with E-state index in [1.165, 1.54) is 24.9 Å². The van der Waals surface area contributed by atoms with Gasteiger partial charge in [-0.05, 0) is 37.5 Å². The van der Waals surface area contributed by atoms with Crippen LogP contribution in [0.25, 0.3) is 0 Å². The molecule has 2 rings (SSSR count). The van der Waals surface area contributed by atoms with E-state index < -0.39 is 0 Å². The van der Waals surface area contributed by atoms with Gasteiger partial charge in [0.25, 0.3) is 5.91 Å². The van der Waals surface area contributed by atoms with Gasteiger partial charge in [-0.1, -0.05) is 6.07 Å². The zero-order chi connectivity index (χ0) is 11.4. The number of amides is 1. The molecule has 3 heteroatoms. The van der Waals surface area contributed by atoms with Crippen molar-refractivity contribution in [1.82, 2.24) is 5.32 Å². The quantitative estimate of drug-likeness (QED) is 0.823. The van der Waals surface area contributed by atoms with Gasteiger partial charge in [0.15, 0.2) is 0 Å². The van der Waals surface area contributed by atoms with Crippen molar-refractivity contribution in [1.29, 1.82) is 0 Å². The Kier molecular flexibility index (Phi) is 3.44. The number of carbonyl (C=O) groups is 1. The first-order chi connectivity index (χ1) is 7.81. The molecule has 1 aliphatic heterocycles. The van der Waals surface area contributed by atoms with Crippen LogP contribution in [0.3, 0.4) is 0 Å². The Hall–Kier alpha value is -1.51. The molecular formula is C13H18N2O. The maximum absolute atomic E-state index is 11.5. The molecule has 1 saturated heterocycles. The maximum Gasteiger partial charge on any atom is 0.251 e. The van der Waals surface area contributed by atoms with E-state index in [-0.39, 0.29) is 5.91 Å². The van der Waals surface area contributed by atoms with Crippen molar-refractivity contribution in [2.45, 2.75) is 19.3 Å². The normalized spacial score (nSPS) is 15.9. The number of hydrogen-bond acceptors (Lipinski definition) is 2. The fourth-order valence-corrected chi connectivity index (χ4v) is 2.14. The van der Waals surface area contributed by atoms with Crippen molar-refractivity contribution in [3.05, 3.63) is 29.8 Å². The SMILES string of the molecule is CNC(=O)c1cccc(N2CCCCC2)c1. The Bertz CT molecular complexity index is 370. The first kappa shape index (κ1) is 11.0. The second-order valence-electron chi connectivity index (χ2n) is 4.18. The van der Waals surface area contributed by atoms with E-state index >= 15 is 0 Å². The molecule has 0 spiro atoms. The topological polar surface area (TPSA) is 32.3 Å². The smallest absolute Gasteiger partial charge is 0.251 e. The van der Waals surface area contributed by atoms with Gasteiger partial charge in [0.05, 0.1) is 0 Å². The molecule has 1 aliphatic rings. The lowest BCUT2D eigenvalue weighted by Crippen LogP contribution is -2.29. The van der Waals surface area contributed by atoms with Gasteiger partial charge < -0.3 is 10.2 Å². The van der Waals surface area contributed by atoms with Crippen LogP contribution in [0.15, 0.2) is 24.3 Å². The Morgan fingerprint density at radius 2 is 2.00 bits per heavy atom. The molecule has 1 aromatic carbocycles. The minimum Gasteiger partial charge on any atom is -0.372 e. The summed E-state index contributed by atoms with van der Waals surface area (Å²) in [7, 11) is 1.66. The number of carbonyl (C=O) groups excluding carboxylic acids is 1. The number of nitrogens with zero attached hydrogens (tertiary/aromatic N) is 1. The summed E-state index contributed by atoms with van der Waals surface area (Å²) in [5.41, 5.74) is 1.91. The van der Waals surface area contributed by atoms with Crippen LogP contribution < -0.4 is 10.2 Å². The summed E-state index contributed by atoms with van der Waals surface area (Å²) in [5, 5.41) is 2.65. The van der Waals surface area contributed by atoms with Gasteiger partial charge in [-0.2, -0.15) is 0 Å². The van der Waals surface area contributed by atoms with Crippen molar-refractivity contribution < 1.29 is 4.79 Å². The number of rotatable bonds is 2. The van der Waals surface area contributed by atoms with Crippen molar-refractivity contribution in [2.24, 2.45) is 0 Å². The Balaban J connectivity index is 2.17. The zero-order valence-electron chi connectivity index (χ0n) is 9.70. The summed E-state index contributed by atoms with van der Waals surface area (Å²) in [6.45, 7) is 2.22. The minimum absolute atomic E-state index is 0.0149. The molecule has 16 heavy (non-hydrogen) atoms. The number of benzene rings is 1. The van der Waals surface area contributed by atoms with E-state index in [4.69, 9.17) is 0 Å². The Morgan fingerprint density at radius 3 is 2.69 bits per heavy atom. The average Bonchev–Trinajstić information content (AvgIpc) is 2.39. The second kappa shape index (κ2) is 5.01. The Morgan fingerprint density at radius 1 is 1.25 bits per heavy atom. The third kappa shape index (κ3) is 2.35. The molecule has 1 amide bonds. The summed E-state index contributed by atoms with van der Waals surface area (Å²) in [6, 6.07) is 7.86. The summed E-state index contributed by atoms with van der Waals surface area (Å²) < 4.78 is 0. The van der Waals surface area contributed by atoms with Gasteiger partial charge in [-0.3, -0.25) is 4.79 Å². The molecule has 1 fully saturated rings. The summed E-state index contributed by atoms with van der Waals surface area (Å²) in [5.74, 6) is -0.0149. The molecule has 86 valence electrons. The molecule has 3 nitrogen and oxygen atoms in total. The number of anilines is 1. The highest BCUT2D eigenvalue weighted by Gasteiger charge is 2.12. The van der Waals surface area contributed by atoms with E-state index in [9.17, 15) is 4.79 Å². The summed E-state index contributed by atoms with van der Waals surface area (Å²) in [6.07, 6.45) is 3.83. The lowest BCUT2D eigenvalue weighted by molar-refractivity contribution is 0.0963. The van der Waals surface area contributed by atoms with Crippen molar-refractivity contribution in [3.63, 3.8) is 0 Å². The molecule has 0 saturated carbocycles. The van der Waals surface area contributed by atoms with Crippen LogP contribution in [0.4, 0.5) is 5.69 Å². The van der Waals surface area contributed by atoms with Crippen LogP contribution in [0.5, 0.6) is 0 Å². The third-order valence-corrected chi connectivity index (χ3v) is 3.06. The lowest BCUT2D eigenvalue weighted by atomic mass is 10.1. The van der Waals surface area contributed by atoms with Crippen molar-refractivity contribution >= 4 is 11.6 Å². The van der Waals surface area contributed by atoms with Crippen LogP contribution in [0, 0.1) is 0 Å². The molecule has 0 aromatic heterocycles. The molecule has 0 bridgehead atoms. The highest BCUT2D eigenvalue weighted by atomic mass is 16.1. The predicted molar refractivity (Wildman–Crippen MR) is 65.9 cm³/mol. The van der Waals surface area contributed by atoms with Crippen LogP contribution in [-0.2, 0) is 0 Å². The largest absolute Gasteiger partial charge is 0.372 e. The molecule has 1 N–H and O–H groups in total. The van der Waals surface area contributed by atoms with Gasteiger partial charge in [0.2, 0.25) is 0 Å². The van der Waals surface area contributed by atoms with Gasteiger partial charge >= 0.3 is 0 Å². The van der Waals surface area contributed by atoms with E-state index in [1.54, 1.807) is 7.05 Å². The highest BCUT2D eigenvalue weighted by molar-refractivity contribution is 5.94. The minimum atomic E-state index is -0.0149. The summed E-state index contributed by atoms with van der Waals surface area (Å²) >= 11 is 0. The van der Waals surface area contributed by atoms with Gasteiger partial charge in [-0.25, -0.2) is 0 Å². The molecular weight excluding hydrogens is 200 g/mol. The molecule has 0 unspecified atom stereocenters. The fraction of sp³-hybridized carbons (Fsp3) is 0.462. The van der Waals surface area contributed by atoms with Gasteiger partial charge in [0, 0.05) is 31.4 Å². The molecule has 0 radical (unpaired) electrons. The first-order valence-electron chi connectivity index (χ1n) is 5.88. The van der Waals surface area contributed by atoms with Crippen LogP contribution in [0.2, 0.25) is 0 Å². The number of piperidine rings is 1. The lowest BCUT2D eigenvalue weighted by Gasteiger charge is -2.29. The predicted octanol–water partition coefficient (Wildman–Crippen LogP) is 2.04.